The van der Waals surface area contributed by atoms with E-state index in [9.17, 15) is 9.90 Å². The van der Waals surface area contributed by atoms with Crippen LogP contribution in [0.4, 0.5) is 5.69 Å². The van der Waals surface area contributed by atoms with Gasteiger partial charge in [0, 0.05) is 38.3 Å². The molecule has 1 heterocycles. The van der Waals surface area contributed by atoms with E-state index in [1.54, 1.807) is 0 Å². The predicted octanol–water partition coefficient (Wildman–Crippen LogP) is 1.66. The molecule has 1 aromatic rings. The summed E-state index contributed by atoms with van der Waals surface area (Å²) in [5.41, 5.74) is 1.28. The summed E-state index contributed by atoms with van der Waals surface area (Å²) >= 11 is 0. The van der Waals surface area contributed by atoms with E-state index in [1.807, 2.05) is 36.2 Å². The second kappa shape index (κ2) is 7.72. The van der Waals surface area contributed by atoms with Crippen molar-refractivity contribution in [2.75, 3.05) is 38.7 Å². The van der Waals surface area contributed by atoms with Gasteiger partial charge >= 0.3 is 0 Å². The van der Waals surface area contributed by atoms with Crippen LogP contribution in [-0.4, -0.2) is 54.9 Å². The molecule has 0 aliphatic carbocycles. The quantitative estimate of drug-likeness (QED) is 0.839. The molecule has 122 valence electrons. The Labute approximate surface area is 132 Å². The summed E-state index contributed by atoms with van der Waals surface area (Å²) in [4.78, 5) is 14.0. The highest BCUT2D eigenvalue weighted by Gasteiger charge is 2.31. The molecule has 0 saturated carbocycles. The minimum absolute atomic E-state index is 0.0635. The molecule has 0 unspecified atom stereocenters. The van der Waals surface area contributed by atoms with Crippen LogP contribution in [0, 0.1) is 0 Å². The van der Waals surface area contributed by atoms with Gasteiger partial charge in [-0.2, -0.15) is 0 Å². The summed E-state index contributed by atoms with van der Waals surface area (Å²) in [5, 5.41) is 13.4. The topological polar surface area (TPSA) is 61.8 Å². The van der Waals surface area contributed by atoms with Gasteiger partial charge in [0.1, 0.15) is 0 Å². The average molecular weight is 306 g/mol. The van der Waals surface area contributed by atoms with Gasteiger partial charge in [0.15, 0.2) is 0 Å². The van der Waals surface area contributed by atoms with E-state index < -0.39 is 5.60 Å². The zero-order valence-corrected chi connectivity index (χ0v) is 13.5. The maximum Gasteiger partial charge on any atom is 0.238 e. The summed E-state index contributed by atoms with van der Waals surface area (Å²) in [7, 11) is 1.86. The fourth-order valence-electron chi connectivity index (χ4n) is 2.78. The number of nitrogens with zero attached hydrogens (tertiary/aromatic N) is 1. The van der Waals surface area contributed by atoms with Gasteiger partial charge in [-0.1, -0.05) is 19.1 Å². The highest BCUT2D eigenvalue weighted by molar-refractivity contribution is 5.92. The number of aryl methyl sites for hydroxylation is 1. The molecule has 5 heteroatoms. The van der Waals surface area contributed by atoms with Crippen LogP contribution in [0.15, 0.2) is 24.3 Å². The van der Waals surface area contributed by atoms with Gasteiger partial charge < -0.3 is 15.2 Å². The number of anilines is 1. The zero-order chi connectivity index (χ0) is 16.0. The summed E-state index contributed by atoms with van der Waals surface area (Å²) in [6.07, 6.45) is 2.19. The SMILES string of the molecule is CCc1cccc(NC(=O)CN(C)CC2(O)CCOCC2)c1. The molecule has 1 saturated heterocycles. The predicted molar refractivity (Wildman–Crippen MR) is 86.9 cm³/mol. The summed E-state index contributed by atoms with van der Waals surface area (Å²) in [5.74, 6) is -0.0635. The van der Waals surface area contributed by atoms with Crippen LogP contribution in [0.3, 0.4) is 0 Å². The Morgan fingerprint density at radius 3 is 2.82 bits per heavy atom. The lowest BCUT2D eigenvalue weighted by Gasteiger charge is -2.35. The molecule has 1 aliphatic heterocycles. The van der Waals surface area contributed by atoms with Gasteiger partial charge in [-0.3, -0.25) is 9.69 Å². The van der Waals surface area contributed by atoms with Crippen molar-refractivity contribution >= 4 is 11.6 Å². The van der Waals surface area contributed by atoms with Crippen molar-refractivity contribution in [1.82, 2.24) is 4.90 Å². The second-order valence-corrected chi connectivity index (χ2v) is 6.11. The minimum Gasteiger partial charge on any atom is -0.388 e. The molecule has 1 fully saturated rings. The lowest BCUT2D eigenvalue weighted by molar-refractivity contribution is -0.118. The average Bonchev–Trinajstić information content (AvgIpc) is 2.47. The minimum atomic E-state index is -0.741. The van der Waals surface area contributed by atoms with Crippen LogP contribution in [0.2, 0.25) is 0 Å². The Hall–Kier alpha value is -1.43. The number of likely N-dealkylation sites (N-methyl/N-ethyl adjacent to an activating group) is 1. The number of hydrogen-bond donors (Lipinski definition) is 2. The number of carbonyl (C=O) groups is 1. The highest BCUT2D eigenvalue weighted by atomic mass is 16.5. The molecule has 1 amide bonds. The van der Waals surface area contributed by atoms with E-state index in [0.29, 0.717) is 32.6 Å². The highest BCUT2D eigenvalue weighted by Crippen LogP contribution is 2.21. The summed E-state index contributed by atoms with van der Waals surface area (Å²) in [6, 6.07) is 7.87. The number of aliphatic hydroxyl groups is 1. The van der Waals surface area contributed by atoms with E-state index in [4.69, 9.17) is 4.74 Å². The Balaban J connectivity index is 1.83. The summed E-state index contributed by atoms with van der Waals surface area (Å²) in [6.45, 7) is 4.00. The molecule has 0 radical (unpaired) electrons. The lowest BCUT2D eigenvalue weighted by atomic mass is 9.94. The number of ether oxygens (including phenoxy) is 1. The van der Waals surface area contributed by atoms with Crippen LogP contribution < -0.4 is 5.32 Å². The lowest BCUT2D eigenvalue weighted by Crippen LogP contribution is -2.47. The maximum atomic E-state index is 12.1. The van der Waals surface area contributed by atoms with Crippen molar-refractivity contribution in [3.63, 3.8) is 0 Å². The Kier molecular flexibility index (Phi) is 5.94. The van der Waals surface area contributed by atoms with Gasteiger partial charge in [-0.15, -0.1) is 0 Å². The molecule has 1 aromatic carbocycles. The van der Waals surface area contributed by atoms with Crippen molar-refractivity contribution < 1.29 is 14.6 Å². The van der Waals surface area contributed by atoms with Gasteiger partial charge in [0.2, 0.25) is 5.91 Å². The largest absolute Gasteiger partial charge is 0.388 e. The van der Waals surface area contributed by atoms with Crippen LogP contribution in [-0.2, 0) is 16.0 Å². The van der Waals surface area contributed by atoms with Crippen LogP contribution >= 0.6 is 0 Å². The second-order valence-electron chi connectivity index (χ2n) is 6.11. The third-order valence-electron chi connectivity index (χ3n) is 4.02. The molecule has 5 nitrogen and oxygen atoms in total. The van der Waals surface area contributed by atoms with Gasteiger partial charge in [-0.05, 0) is 31.2 Å². The first-order valence-electron chi connectivity index (χ1n) is 7.88. The zero-order valence-electron chi connectivity index (χ0n) is 13.5. The van der Waals surface area contributed by atoms with E-state index in [1.165, 1.54) is 5.56 Å². The fraction of sp³-hybridized carbons (Fsp3) is 0.588. The molecule has 0 atom stereocenters. The van der Waals surface area contributed by atoms with Crippen LogP contribution in [0.5, 0.6) is 0 Å². The standard InChI is InChI=1S/C17H26N2O3/c1-3-14-5-4-6-15(11-14)18-16(20)12-19(2)13-17(21)7-9-22-10-8-17/h4-6,11,21H,3,7-10,12-13H2,1-2H3,(H,18,20). The number of benzene rings is 1. The van der Waals surface area contributed by atoms with Gasteiger partial charge in [-0.25, -0.2) is 0 Å². The molecular weight excluding hydrogens is 280 g/mol. The van der Waals surface area contributed by atoms with E-state index in [0.717, 1.165) is 12.1 Å². The Morgan fingerprint density at radius 1 is 1.41 bits per heavy atom. The van der Waals surface area contributed by atoms with Crippen LogP contribution in [0.1, 0.15) is 25.3 Å². The number of rotatable bonds is 6. The summed E-state index contributed by atoms with van der Waals surface area (Å²) < 4.78 is 5.27. The number of hydrogen-bond acceptors (Lipinski definition) is 4. The first kappa shape index (κ1) is 16.9. The maximum absolute atomic E-state index is 12.1. The molecule has 0 aromatic heterocycles. The smallest absolute Gasteiger partial charge is 0.238 e. The molecule has 2 rings (SSSR count). The monoisotopic (exact) mass is 306 g/mol. The van der Waals surface area contributed by atoms with Crippen molar-refractivity contribution in [1.29, 1.82) is 0 Å². The Bertz CT molecular complexity index is 498. The van der Waals surface area contributed by atoms with Gasteiger partial charge in [0.25, 0.3) is 0 Å². The third-order valence-corrected chi connectivity index (χ3v) is 4.02. The number of carbonyl (C=O) groups excluding carboxylic acids is 1. The van der Waals surface area contributed by atoms with Crippen molar-refractivity contribution in [3.05, 3.63) is 29.8 Å². The van der Waals surface area contributed by atoms with Crippen molar-refractivity contribution in [2.24, 2.45) is 0 Å². The molecule has 0 bridgehead atoms. The van der Waals surface area contributed by atoms with Crippen LogP contribution in [0.25, 0.3) is 0 Å². The molecule has 22 heavy (non-hydrogen) atoms. The van der Waals surface area contributed by atoms with E-state index >= 15 is 0 Å². The first-order valence-corrected chi connectivity index (χ1v) is 7.88. The third kappa shape index (κ3) is 5.09. The Morgan fingerprint density at radius 2 is 2.14 bits per heavy atom. The number of amides is 1. The first-order chi connectivity index (χ1) is 10.5. The fourth-order valence-corrected chi connectivity index (χ4v) is 2.78. The molecular formula is C17H26N2O3. The van der Waals surface area contributed by atoms with E-state index in [2.05, 4.69) is 12.2 Å². The van der Waals surface area contributed by atoms with Crippen molar-refractivity contribution in [2.45, 2.75) is 31.8 Å². The normalized spacial score (nSPS) is 17.5. The number of nitrogens with one attached hydrogen (secondary N) is 1. The van der Waals surface area contributed by atoms with E-state index in [-0.39, 0.29) is 12.5 Å². The molecule has 2 N–H and O–H groups in total. The van der Waals surface area contributed by atoms with Crippen molar-refractivity contribution in [3.8, 4) is 0 Å². The molecule has 0 spiro atoms. The molecule has 1 aliphatic rings. The van der Waals surface area contributed by atoms with Gasteiger partial charge in [0.05, 0.1) is 12.1 Å².